The Morgan fingerprint density at radius 2 is 1.65 bits per heavy atom. The quantitative estimate of drug-likeness (QED) is 0.615. The van der Waals surface area contributed by atoms with Crippen LogP contribution in [0, 0.1) is 5.82 Å². The van der Waals surface area contributed by atoms with Crippen molar-refractivity contribution in [2.45, 2.75) is 13.0 Å². The monoisotopic (exact) mass is 494 g/mol. The third-order valence-corrected chi connectivity index (χ3v) is 5.68. The van der Waals surface area contributed by atoms with E-state index in [0.29, 0.717) is 53.5 Å². The van der Waals surface area contributed by atoms with E-state index in [1.807, 2.05) is 0 Å². The number of benzene rings is 2. The van der Waals surface area contributed by atoms with Gasteiger partial charge in [0.05, 0.1) is 24.3 Å². The summed E-state index contributed by atoms with van der Waals surface area (Å²) in [6, 6.07) is 9.08. The second-order valence-electron chi connectivity index (χ2n) is 7.02. The van der Waals surface area contributed by atoms with Gasteiger partial charge in [-0.3, -0.25) is 9.59 Å². The summed E-state index contributed by atoms with van der Waals surface area (Å²) in [5, 5.41) is 0. The first-order chi connectivity index (χ1) is 14.8. The van der Waals surface area contributed by atoms with Crippen molar-refractivity contribution in [1.29, 1.82) is 0 Å². The number of amides is 2. The number of piperazine rings is 1. The molecule has 7 nitrogen and oxygen atoms in total. The lowest BCUT2D eigenvalue weighted by Gasteiger charge is -2.36. The molecule has 0 saturated carbocycles. The second kappa shape index (κ2) is 10.00. The highest BCUT2D eigenvalue weighted by molar-refractivity contribution is 9.10. The highest BCUT2D eigenvalue weighted by atomic mass is 79.9. The fraction of sp³-hybridized carbons (Fsp3) is 0.364. The van der Waals surface area contributed by atoms with E-state index in [9.17, 15) is 14.0 Å². The van der Waals surface area contributed by atoms with Crippen LogP contribution >= 0.6 is 15.9 Å². The van der Waals surface area contributed by atoms with Crippen LogP contribution in [0.1, 0.15) is 17.3 Å². The van der Waals surface area contributed by atoms with Crippen LogP contribution < -0.4 is 14.2 Å². The summed E-state index contributed by atoms with van der Waals surface area (Å²) in [6.45, 7) is 3.22. The van der Waals surface area contributed by atoms with Crippen molar-refractivity contribution in [3.63, 3.8) is 0 Å². The van der Waals surface area contributed by atoms with Gasteiger partial charge in [-0.05, 0) is 53.2 Å². The number of halogens is 2. The van der Waals surface area contributed by atoms with E-state index >= 15 is 0 Å². The number of methoxy groups -OCH3 is 2. The van der Waals surface area contributed by atoms with Gasteiger partial charge in [-0.2, -0.15) is 0 Å². The number of carbonyl (C=O) groups excluding carboxylic acids is 2. The van der Waals surface area contributed by atoms with Crippen LogP contribution in [0.3, 0.4) is 0 Å². The largest absolute Gasteiger partial charge is 0.497 e. The van der Waals surface area contributed by atoms with Gasteiger partial charge in [-0.25, -0.2) is 4.39 Å². The Labute approximate surface area is 188 Å². The van der Waals surface area contributed by atoms with Crippen LogP contribution in [0.5, 0.6) is 17.2 Å². The fourth-order valence-corrected chi connectivity index (χ4v) is 3.79. The molecule has 1 atom stereocenters. The van der Waals surface area contributed by atoms with Gasteiger partial charge in [0.2, 0.25) is 0 Å². The molecule has 2 aromatic carbocycles. The summed E-state index contributed by atoms with van der Waals surface area (Å²) in [5.74, 6) is 0.687. The lowest BCUT2D eigenvalue weighted by molar-refractivity contribution is -0.139. The maximum absolute atomic E-state index is 13.2. The zero-order valence-electron chi connectivity index (χ0n) is 17.6. The van der Waals surface area contributed by atoms with Crippen molar-refractivity contribution in [1.82, 2.24) is 9.80 Å². The van der Waals surface area contributed by atoms with Crippen LogP contribution in [0.4, 0.5) is 4.39 Å². The minimum absolute atomic E-state index is 0.161. The van der Waals surface area contributed by atoms with Crippen LogP contribution in [-0.4, -0.2) is 68.1 Å². The highest BCUT2D eigenvalue weighted by Crippen LogP contribution is 2.28. The molecule has 1 heterocycles. The molecule has 1 saturated heterocycles. The van der Waals surface area contributed by atoms with Gasteiger partial charge in [-0.1, -0.05) is 0 Å². The topological polar surface area (TPSA) is 68.3 Å². The molecule has 1 aliphatic rings. The Bertz CT molecular complexity index is 963. The first-order valence-electron chi connectivity index (χ1n) is 9.76. The van der Waals surface area contributed by atoms with E-state index in [2.05, 4.69) is 15.9 Å². The van der Waals surface area contributed by atoms with Crippen LogP contribution in [0.25, 0.3) is 0 Å². The standard InChI is InChI=1S/C22H24BrFN2O5/c1-14(31-19-7-4-15(24)12-18(19)23)21(27)25-8-10-26(11-9-25)22(28)17-6-5-16(29-2)13-20(17)30-3/h4-7,12-14H,8-11H2,1-3H3. The second-order valence-corrected chi connectivity index (χ2v) is 7.87. The molecular weight excluding hydrogens is 471 g/mol. The van der Waals surface area contributed by atoms with E-state index in [0.717, 1.165) is 0 Å². The molecule has 9 heteroatoms. The average Bonchev–Trinajstić information content (AvgIpc) is 2.79. The first-order valence-corrected chi connectivity index (χ1v) is 10.5. The van der Waals surface area contributed by atoms with Crippen molar-refractivity contribution >= 4 is 27.7 Å². The van der Waals surface area contributed by atoms with Crippen molar-refractivity contribution < 1.29 is 28.2 Å². The molecule has 0 aliphatic carbocycles. The number of nitrogens with zero attached hydrogens (tertiary/aromatic N) is 2. The first kappa shape index (κ1) is 22.9. The van der Waals surface area contributed by atoms with Gasteiger partial charge in [0.1, 0.15) is 23.1 Å². The fourth-order valence-electron chi connectivity index (χ4n) is 3.34. The van der Waals surface area contributed by atoms with Gasteiger partial charge >= 0.3 is 0 Å². The van der Waals surface area contributed by atoms with Crippen LogP contribution in [-0.2, 0) is 4.79 Å². The summed E-state index contributed by atoms with van der Waals surface area (Å²) in [5.41, 5.74) is 0.445. The van der Waals surface area contributed by atoms with Gasteiger partial charge in [0.15, 0.2) is 6.10 Å². The van der Waals surface area contributed by atoms with Gasteiger partial charge in [0, 0.05) is 32.2 Å². The van der Waals surface area contributed by atoms with Crippen LogP contribution in [0.2, 0.25) is 0 Å². The molecule has 0 spiro atoms. The summed E-state index contributed by atoms with van der Waals surface area (Å²) in [6.07, 6.45) is -0.745. The minimum atomic E-state index is -0.745. The Hall–Kier alpha value is -2.81. The molecule has 1 unspecified atom stereocenters. The predicted octanol–water partition coefficient (Wildman–Crippen LogP) is 3.36. The van der Waals surface area contributed by atoms with E-state index in [1.54, 1.807) is 42.0 Å². The van der Waals surface area contributed by atoms with Crippen molar-refractivity contribution in [3.05, 3.63) is 52.3 Å². The molecule has 1 aliphatic heterocycles. The lowest BCUT2D eigenvalue weighted by atomic mass is 10.1. The smallest absolute Gasteiger partial charge is 0.263 e. The number of hydrogen-bond acceptors (Lipinski definition) is 5. The molecule has 1 fully saturated rings. The molecule has 166 valence electrons. The average molecular weight is 495 g/mol. The van der Waals surface area contributed by atoms with Gasteiger partial charge in [-0.15, -0.1) is 0 Å². The summed E-state index contributed by atoms with van der Waals surface area (Å²) < 4.78 is 29.9. The molecule has 2 amide bonds. The number of carbonyl (C=O) groups is 2. The Morgan fingerprint density at radius 1 is 0.968 bits per heavy atom. The predicted molar refractivity (Wildman–Crippen MR) is 116 cm³/mol. The number of hydrogen-bond donors (Lipinski definition) is 0. The zero-order chi connectivity index (χ0) is 22.5. The van der Waals surface area contributed by atoms with E-state index < -0.39 is 11.9 Å². The maximum Gasteiger partial charge on any atom is 0.263 e. The summed E-state index contributed by atoms with van der Waals surface area (Å²) >= 11 is 3.24. The summed E-state index contributed by atoms with van der Waals surface area (Å²) in [4.78, 5) is 29.1. The Balaban J connectivity index is 1.59. The molecule has 0 aromatic heterocycles. The lowest BCUT2D eigenvalue weighted by Crippen LogP contribution is -2.53. The molecule has 2 aromatic rings. The molecule has 0 bridgehead atoms. The van der Waals surface area contributed by atoms with Gasteiger partial charge in [0.25, 0.3) is 11.8 Å². The SMILES string of the molecule is COc1ccc(C(=O)N2CCN(C(=O)C(C)Oc3ccc(F)cc3Br)CC2)c(OC)c1. The van der Waals surface area contributed by atoms with E-state index in [4.69, 9.17) is 14.2 Å². The molecule has 0 N–H and O–H groups in total. The number of rotatable bonds is 6. The molecule has 31 heavy (non-hydrogen) atoms. The third-order valence-electron chi connectivity index (χ3n) is 5.06. The molecular formula is C22H24BrFN2O5. The van der Waals surface area contributed by atoms with Crippen molar-refractivity contribution in [2.75, 3.05) is 40.4 Å². The van der Waals surface area contributed by atoms with Crippen molar-refractivity contribution in [3.8, 4) is 17.2 Å². The maximum atomic E-state index is 13.2. The van der Waals surface area contributed by atoms with E-state index in [1.165, 1.54) is 25.3 Å². The minimum Gasteiger partial charge on any atom is -0.497 e. The van der Waals surface area contributed by atoms with Crippen LogP contribution in [0.15, 0.2) is 40.9 Å². The third kappa shape index (κ3) is 5.28. The normalized spacial score (nSPS) is 14.7. The Morgan fingerprint density at radius 3 is 2.26 bits per heavy atom. The molecule has 0 radical (unpaired) electrons. The highest BCUT2D eigenvalue weighted by Gasteiger charge is 2.29. The molecule has 3 rings (SSSR count). The van der Waals surface area contributed by atoms with E-state index in [-0.39, 0.29) is 11.8 Å². The Kier molecular flexibility index (Phi) is 7.37. The summed E-state index contributed by atoms with van der Waals surface area (Å²) in [7, 11) is 3.05. The zero-order valence-corrected chi connectivity index (χ0v) is 19.1. The van der Waals surface area contributed by atoms with Gasteiger partial charge < -0.3 is 24.0 Å². The van der Waals surface area contributed by atoms with Crippen molar-refractivity contribution in [2.24, 2.45) is 0 Å². The number of ether oxygens (including phenoxy) is 3.